The van der Waals surface area contributed by atoms with Gasteiger partial charge in [0.05, 0.1) is 21.8 Å². The summed E-state index contributed by atoms with van der Waals surface area (Å²) in [7, 11) is -6.01. The zero-order chi connectivity index (χ0) is 20.0. The Morgan fingerprint density at radius 2 is 1.50 bits per heavy atom. The van der Waals surface area contributed by atoms with Crippen LogP contribution in [0.3, 0.4) is 0 Å². The van der Waals surface area contributed by atoms with Crippen molar-refractivity contribution in [3.8, 4) is 0 Å². The van der Waals surface area contributed by atoms with E-state index in [-0.39, 0.29) is 24.7 Å². The number of hydrogen-bond acceptors (Lipinski definition) is 5. The first kappa shape index (κ1) is 21.3. The largest absolute Gasteiger partial charge is 0.748 e. The van der Waals surface area contributed by atoms with E-state index < -0.39 is 45.7 Å². The van der Waals surface area contributed by atoms with Crippen molar-refractivity contribution in [3.63, 3.8) is 0 Å². The number of ether oxygens (including phenoxy) is 1. The predicted molar refractivity (Wildman–Crippen MR) is 73.7 cm³/mol. The van der Waals surface area contributed by atoms with Gasteiger partial charge < -0.3 is 9.29 Å². The predicted octanol–water partition coefficient (Wildman–Crippen LogP) is 3.15. The first-order valence-corrected chi connectivity index (χ1v) is 9.54. The van der Waals surface area contributed by atoms with Crippen LogP contribution in [0.15, 0.2) is 0 Å². The van der Waals surface area contributed by atoms with Crippen LogP contribution in [-0.4, -0.2) is 42.6 Å². The Hall–Kier alpha value is -1.04. The summed E-state index contributed by atoms with van der Waals surface area (Å²) in [5.74, 6) is -5.59. The fourth-order valence-electron chi connectivity index (χ4n) is 3.89. The van der Waals surface area contributed by atoms with Gasteiger partial charge in [-0.1, -0.05) is 19.3 Å². The van der Waals surface area contributed by atoms with Gasteiger partial charge in [0, 0.05) is 0 Å². The Bertz CT molecular complexity index is 627. The minimum atomic E-state index is -6.32. The molecule has 2 rings (SSSR count). The summed E-state index contributed by atoms with van der Waals surface area (Å²) in [6.07, 6.45) is -9.49. The monoisotopic (exact) mass is 411 g/mol. The van der Waals surface area contributed by atoms with E-state index in [0.717, 1.165) is 19.3 Å². The van der Waals surface area contributed by atoms with Crippen LogP contribution in [-0.2, 0) is 19.6 Å². The Labute approximate surface area is 145 Å². The smallest absolute Gasteiger partial charge is 0.438 e. The van der Waals surface area contributed by atoms with Crippen LogP contribution in [0.25, 0.3) is 0 Å². The molecule has 2 saturated carbocycles. The molecule has 5 nitrogen and oxygen atoms in total. The molecule has 3 unspecified atom stereocenters. The second kappa shape index (κ2) is 6.84. The third-order valence-electron chi connectivity index (χ3n) is 5.19. The molecule has 0 heterocycles. The van der Waals surface area contributed by atoms with Crippen molar-refractivity contribution in [2.45, 2.75) is 56.5 Å². The Balaban J connectivity index is 2.29. The van der Waals surface area contributed by atoms with Crippen molar-refractivity contribution in [1.82, 2.24) is 0 Å². The third-order valence-corrected chi connectivity index (χ3v) is 5.95. The molecule has 12 heteroatoms. The minimum Gasteiger partial charge on any atom is -0.748 e. The van der Waals surface area contributed by atoms with Crippen LogP contribution >= 0.6 is 0 Å². The van der Waals surface area contributed by atoms with Gasteiger partial charge in [0.25, 0.3) is 0 Å². The van der Waals surface area contributed by atoms with Crippen molar-refractivity contribution in [2.75, 3.05) is 5.75 Å². The maximum absolute atomic E-state index is 13.1. The molecular formula is C14H17F6O5S-. The first-order valence-electron chi connectivity index (χ1n) is 7.96. The van der Waals surface area contributed by atoms with Crippen LogP contribution in [0.5, 0.6) is 0 Å². The second-order valence-electron chi connectivity index (χ2n) is 6.91. The fourth-order valence-corrected chi connectivity index (χ4v) is 4.77. The second-order valence-corrected chi connectivity index (χ2v) is 8.31. The average molecular weight is 411 g/mol. The molecule has 0 saturated heterocycles. The highest BCUT2D eigenvalue weighted by molar-refractivity contribution is 7.85. The Kier molecular flexibility index (Phi) is 5.60. The number of fused-ring (bicyclic) bond motifs is 1. The highest BCUT2D eigenvalue weighted by Crippen LogP contribution is 2.49. The lowest BCUT2D eigenvalue weighted by Gasteiger charge is -2.39. The van der Waals surface area contributed by atoms with E-state index in [9.17, 15) is 44.1 Å². The van der Waals surface area contributed by atoms with E-state index >= 15 is 0 Å². The summed E-state index contributed by atoms with van der Waals surface area (Å²) >= 11 is 0. The van der Waals surface area contributed by atoms with Crippen LogP contribution in [0, 0.1) is 17.8 Å². The molecule has 0 aromatic heterocycles. The van der Waals surface area contributed by atoms with Gasteiger partial charge in [-0.2, -0.15) is 26.3 Å². The van der Waals surface area contributed by atoms with Gasteiger partial charge in [0.15, 0.2) is 0 Å². The highest BCUT2D eigenvalue weighted by atomic mass is 32.2. The van der Waals surface area contributed by atoms with E-state index in [0.29, 0.717) is 6.42 Å². The lowest BCUT2D eigenvalue weighted by atomic mass is 9.76. The highest BCUT2D eigenvalue weighted by Gasteiger charge is 2.75. The lowest BCUT2D eigenvalue weighted by molar-refractivity contribution is -0.362. The number of alkyl halides is 6. The molecule has 0 aromatic carbocycles. The molecule has 0 spiro atoms. The number of rotatable bonds is 4. The average Bonchev–Trinajstić information content (AvgIpc) is 2.89. The third kappa shape index (κ3) is 4.26. The van der Waals surface area contributed by atoms with Crippen LogP contribution in [0.2, 0.25) is 0 Å². The van der Waals surface area contributed by atoms with E-state index in [1.807, 2.05) is 0 Å². The van der Waals surface area contributed by atoms with E-state index in [1.54, 1.807) is 0 Å². The molecule has 0 aliphatic heterocycles. The SMILES string of the molecule is O=C(OC(CS(=O)(=O)[O-])(C(F)(F)F)C(F)(F)F)C1CCC2CCCC2C1. The van der Waals surface area contributed by atoms with Gasteiger partial charge in [-0.05, 0) is 31.1 Å². The molecule has 3 atom stereocenters. The molecule has 2 aliphatic carbocycles. The standard InChI is InChI=1S/C14H18F6O5S/c15-13(16,17)12(14(18,19)20,7-26(22,23)24)25-11(21)10-5-4-8-2-1-3-9(8)6-10/h8-10H,1-7H2,(H,22,23,24)/p-1. The van der Waals surface area contributed by atoms with E-state index in [2.05, 4.69) is 4.74 Å². The minimum absolute atomic E-state index is 0.0238. The number of hydrogen-bond donors (Lipinski definition) is 0. The maximum Gasteiger partial charge on any atom is 0.438 e. The van der Waals surface area contributed by atoms with Crippen LogP contribution < -0.4 is 0 Å². The fraction of sp³-hybridized carbons (Fsp3) is 0.929. The van der Waals surface area contributed by atoms with Crippen LogP contribution in [0.1, 0.15) is 38.5 Å². The molecule has 2 fully saturated rings. The summed E-state index contributed by atoms with van der Waals surface area (Å²) in [6.45, 7) is 0. The van der Waals surface area contributed by atoms with Crippen molar-refractivity contribution < 1.29 is 48.8 Å². The summed E-state index contributed by atoms with van der Waals surface area (Å²) in [5.41, 5.74) is -5.37. The zero-order valence-electron chi connectivity index (χ0n) is 13.4. The first-order chi connectivity index (χ1) is 11.7. The van der Waals surface area contributed by atoms with Gasteiger partial charge in [0.1, 0.15) is 0 Å². The number of halogens is 6. The molecule has 26 heavy (non-hydrogen) atoms. The van der Waals surface area contributed by atoms with E-state index in [1.165, 1.54) is 0 Å². The normalized spacial score (nSPS) is 27.9. The summed E-state index contributed by atoms with van der Waals surface area (Å²) in [4.78, 5) is 12.1. The quantitative estimate of drug-likeness (QED) is 0.403. The van der Waals surface area contributed by atoms with Gasteiger partial charge in [0.2, 0.25) is 0 Å². The molecule has 0 bridgehead atoms. The van der Waals surface area contributed by atoms with Crippen molar-refractivity contribution >= 4 is 16.1 Å². The van der Waals surface area contributed by atoms with E-state index in [4.69, 9.17) is 0 Å². The zero-order valence-corrected chi connectivity index (χ0v) is 14.2. The Morgan fingerprint density at radius 3 is 2.00 bits per heavy atom. The van der Waals surface area contributed by atoms with Crippen molar-refractivity contribution in [2.24, 2.45) is 17.8 Å². The molecule has 0 aromatic rings. The summed E-state index contributed by atoms with van der Waals surface area (Å²) in [5, 5.41) is 0. The number of carbonyl (C=O) groups is 1. The molecule has 0 radical (unpaired) electrons. The molecule has 0 amide bonds. The number of esters is 1. The molecule has 2 aliphatic rings. The maximum atomic E-state index is 13.1. The van der Waals surface area contributed by atoms with Gasteiger partial charge >= 0.3 is 23.9 Å². The molecular weight excluding hydrogens is 394 g/mol. The molecule has 0 N–H and O–H groups in total. The van der Waals surface area contributed by atoms with Crippen LogP contribution in [0.4, 0.5) is 26.3 Å². The summed E-state index contributed by atoms with van der Waals surface area (Å²) in [6, 6.07) is 0. The summed E-state index contributed by atoms with van der Waals surface area (Å²) < 4.78 is 115. The lowest BCUT2D eigenvalue weighted by Crippen LogP contribution is -2.64. The van der Waals surface area contributed by atoms with Crippen molar-refractivity contribution in [3.05, 3.63) is 0 Å². The van der Waals surface area contributed by atoms with Gasteiger partial charge in [-0.15, -0.1) is 0 Å². The van der Waals surface area contributed by atoms with Crippen molar-refractivity contribution in [1.29, 1.82) is 0 Å². The Morgan fingerprint density at radius 1 is 0.962 bits per heavy atom. The van der Waals surface area contributed by atoms with Gasteiger partial charge in [-0.25, -0.2) is 8.42 Å². The van der Waals surface area contributed by atoms with Gasteiger partial charge in [-0.3, -0.25) is 4.79 Å². The topological polar surface area (TPSA) is 83.5 Å². The molecule has 152 valence electrons. The number of carbonyl (C=O) groups excluding carboxylic acids is 1.